The maximum absolute atomic E-state index is 5.69. The fourth-order valence-corrected chi connectivity index (χ4v) is 3.85. The van der Waals surface area contributed by atoms with Crippen molar-refractivity contribution in [2.24, 2.45) is 5.73 Å². The largest absolute Gasteiger partial charge is 0.354 e. The molecule has 0 aliphatic carbocycles. The zero-order valence-corrected chi connectivity index (χ0v) is 15.9. The molecule has 0 atom stereocenters. The highest BCUT2D eigenvalue weighted by molar-refractivity contribution is 14.1. The van der Waals surface area contributed by atoms with Crippen LogP contribution in [0.1, 0.15) is 29.5 Å². The first kappa shape index (κ1) is 16.5. The molecule has 2 nitrogen and oxygen atoms in total. The van der Waals surface area contributed by atoms with Gasteiger partial charge in [-0.1, -0.05) is 23.8 Å². The van der Waals surface area contributed by atoms with E-state index >= 15 is 0 Å². The summed E-state index contributed by atoms with van der Waals surface area (Å²) in [4.78, 5) is 3.70. The molecule has 0 bridgehead atoms. The molecule has 3 rings (SSSR count). The number of benzene rings is 2. The zero-order chi connectivity index (χ0) is 16.4. The van der Waals surface area contributed by atoms with Crippen molar-refractivity contribution in [1.29, 1.82) is 0 Å². The maximum Gasteiger partial charge on any atom is 0.0497 e. The number of aromatic amines is 1. The summed E-state index contributed by atoms with van der Waals surface area (Å²) < 4.78 is 1.26. The van der Waals surface area contributed by atoms with E-state index in [0.29, 0.717) is 0 Å². The summed E-state index contributed by atoms with van der Waals surface area (Å²) in [6, 6.07) is 13.3. The molecule has 3 heteroatoms. The van der Waals surface area contributed by atoms with E-state index in [-0.39, 0.29) is 0 Å². The predicted molar refractivity (Wildman–Crippen MR) is 108 cm³/mol. The molecule has 0 aliphatic rings. The third kappa shape index (κ3) is 3.45. The molecule has 3 aromatic rings. The lowest BCUT2D eigenvalue weighted by molar-refractivity contribution is 0.748. The molecule has 0 saturated carbocycles. The molecule has 23 heavy (non-hydrogen) atoms. The molecule has 0 amide bonds. The van der Waals surface area contributed by atoms with E-state index < -0.39 is 0 Å². The van der Waals surface area contributed by atoms with E-state index in [0.717, 1.165) is 25.8 Å². The molecular formula is C20H23IN2. The van der Waals surface area contributed by atoms with E-state index in [1.165, 1.54) is 42.4 Å². The van der Waals surface area contributed by atoms with Gasteiger partial charge in [0.15, 0.2) is 0 Å². The highest BCUT2D eigenvalue weighted by Crippen LogP contribution is 2.34. The van der Waals surface area contributed by atoms with Crippen molar-refractivity contribution in [2.45, 2.75) is 33.1 Å². The molecule has 0 saturated heterocycles. The van der Waals surface area contributed by atoms with Crippen LogP contribution in [0, 0.1) is 17.4 Å². The van der Waals surface area contributed by atoms with Crippen LogP contribution in [-0.2, 0) is 6.42 Å². The summed E-state index contributed by atoms with van der Waals surface area (Å²) in [5.74, 6) is 0. The van der Waals surface area contributed by atoms with Gasteiger partial charge in [0.05, 0.1) is 0 Å². The molecule has 0 aliphatic heterocycles. The van der Waals surface area contributed by atoms with Gasteiger partial charge >= 0.3 is 0 Å². The second kappa shape index (κ2) is 7.05. The quantitative estimate of drug-likeness (QED) is 0.427. The summed E-state index contributed by atoms with van der Waals surface area (Å²) >= 11 is 2.38. The summed E-state index contributed by atoms with van der Waals surface area (Å²) in [6.45, 7) is 5.13. The number of aromatic nitrogens is 1. The number of hydrogen-bond acceptors (Lipinski definition) is 1. The minimum absolute atomic E-state index is 0.763. The average Bonchev–Trinajstić information content (AvgIpc) is 2.87. The Labute approximate surface area is 151 Å². The van der Waals surface area contributed by atoms with Crippen LogP contribution in [0.25, 0.3) is 22.2 Å². The molecule has 0 spiro atoms. The summed E-state index contributed by atoms with van der Waals surface area (Å²) in [6.07, 6.45) is 3.28. The monoisotopic (exact) mass is 418 g/mol. The number of halogens is 1. The zero-order valence-electron chi connectivity index (χ0n) is 13.7. The van der Waals surface area contributed by atoms with Gasteiger partial charge in [0, 0.05) is 20.2 Å². The minimum Gasteiger partial charge on any atom is -0.354 e. The van der Waals surface area contributed by atoms with Crippen LogP contribution >= 0.6 is 22.6 Å². The van der Waals surface area contributed by atoms with Gasteiger partial charge in [-0.3, -0.25) is 0 Å². The van der Waals surface area contributed by atoms with Crippen molar-refractivity contribution < 1.29 is 0 Å². The minimum atomic E-state index is 0.763. The standard InChI is InChI=1S/C20H23IN2/c1-13-10-14(2)19-18(11-13)17(8-3-4-9-22)20(23-19)15-6-5-7-16(21)12-15/h5-7,10-12,23H,3-4,8-9,22H2,1-2H3. The lowest BCUT2D eigenvalue weighted by Gasteiger charge is -2.06. The normalized spacial score (nSPS) is 11.3. The van der Waals surface area contributed by atoms with Gasteiger partial charge in [-0.15, -0.1) is 0 Å². The lowest BCUT2D eigenvalue weighted by atomic mass is 9.98. The smallest absolute Gasteiger partial charge is 0.0497 e. The van der Waals surface area contributed by atoms with Gasteiger partial charge in [0.2, 0.25) is 0 Å². The number of H-pyrrole nitrogens is 1. The van der Waals surface area contributed by atoms with Crippen LogP contribution in [-0.4, -0.2) is 11.5 Å². The second-order valence-electron chi connectivity index (χ2n) is 6.24. The number of nitrogens with two attached hydrogens (primary N) is 1. The van der Waals surface area contributed by atoms with Gasteiger partial charge < -0.3 is 10.7 Å². The molecular weight excluding hydrogens is 395 g/mol. The average molecular weight is 418 g/mol. The first-order chi connectivity index (χ1) is 11.1. The van der Waals surface area contributed by atoms with E-state index in [4.69, 9.17) is 5.73 Å². The van der Waals surface area contributed by atoms with Crippen LogP contribution in [0.3, 0.4) is 0 Å². The van der Waals surface area contributed by atoms with Crippen LogP contribution < -0.4 is 5.73 Å². The highest BCUT2D eigenvalue weighted by atomic mass is 127. The Kier molecular flexibility index (Phi) is 5.07. The summed E-state index contributed by atoms with van der Waals surface area (Å²) in [7, 11) is 0. The Hall–Kier alpha value is -1.33. The molecule has 1 aromatic heterocycles. The van der Waals surface area contributed by atoms with Crippen LogP contribution in [0.4, 0.5) is 0 Å². The number of fused-ring (bicyclic) bond motifs is 1. The fourth-order valence-electron chi connectivity index (χ4n) is 3.30. The number of unbranched alkanes of at least 4 members (excludes halogenated alkanes) is 1. The number of aryl methyl sites for hydroxylation is 3. The van der Waals surface area contributed by atoms with Crippen molar-refractivity contribution >= 4 is 33.5 Å². The molecule has 0 radical (unpaired) electrons. The molecule has 3 N–H and O–H groups in total. The van der Waals surface area contributed by atoms with Crippen molar-refractivity contribution in [3.05, 3.63) is 56.7 Å². The van der Waals surface area contributed by atoms with Gasteiger partial charge in [-0.25, -0.2) is 0 Å². The van der Waals surface area contributed by atoms with E-state index in [1.54, 1.807) is 0 Å². The Bertz CT molecular complexity index is 833. The van der Waals surface area contributed by atoms with Crippen molar-refractivity contribution in [3.8, 4) is 11.3 Å². The van der Waals surface area contributed by atoms with Crippen molar-refractivity contribution in [2.75, 3.05) is 6.54 Å². The SMILES string of the molecule is Cc1cc(C)c2[nH]c(-c3cccc(I)c3)c(CCCCN)c2c1. The topological polar surface area (TPSA) is 41.8 Å². The van der Waals surface area contributed by atoms with Crippen molar-refractivity contribution in [3.63, 3.8) is 0 Å². The second-order valence-corrected chi connectivity index (χ2v) is 7.48. The van der Waals surface area contributed by atoms with Crippen LogP contribution in [0.2, 0.25) is 0 Å². The third-order valence-corrected chi connectivity index (χ3v) is 5.02. The first-order valence-corrected chi connectivity index (χ1v) is 9.26. The van der Waals surface area contributed by atoms with E-state index in [2.05, 4.69) is 77.8 Å². The molecule has 0 unspecified atom stereocenters. The molecule has 1 heterocycles. The highest BCUT2D eigenvalue weighted by Gasteiger charge is 2.15. The maximum atomic E-state index is 5.69. The predicted octanol–water partition coefficient (Wildman–Crippen LogP) is 5.34. The lowest BCUT2D eigenvalue weighted by Crippen LogP contribution is -1.99. The summed E-state index contributed by atoms with van der Waals surface area (Å²) in [5, 5.41) is 1.37. The van der Waals surface area contributed by atoms with Crippen molar-refractivity contribution in [1.82, 2.24) is 4.98 Å². The Balaban J connectivity index is 2.19. The van der Waals surface area contributed by atoms with Crippen LogP contribution in [0.5, 0.6) is 0 Å². The Morgan fingerprint density at radius 2 is 1.91 bits per heavy atom. The molecule has 2 aromatic carbocycles. The van der Waals surface area contributed by atoms with E-state index in [1.807, 2.05) is 0 Å². The number of nitrogens with one attached hydrogen (secondary N) is 1. The number of rotatable bonds is 5. The fraction of sp³-hybridized carbons (Fsp3) is 0.300. The first-order valence-electron chi connectivity index (χ1n) is 8.18. The van der Waals surface area contributed by atoms with E-state index in [9.17, 15) is 0 Å². The molecule has 0 fully saturated rings. The Morgan fingerprint density at radius 3 is 2.65 bits per heavy atom. The van der Waals surface area contributed by atoms with Gasteiger partial charge in [-0.05, 0) is 97.1 Å². The van der Waals surface area contributed by atoms with Gasteiger partial charge in [-0.2, -0.15) is 0 Å². The van der Waals surface area contributed by atoms with Gasteiger partial charge in [0.1, 0.15) is 0 Å². The third-order valence-electron chi connectivity index (χ3n) is 4.35. The van der Waals surface area contributed by atoms with Crippen LogP contribution in [0.15, 0.2) is 36.4 Å². The summed E-state index contributed by atoms with van der Waals surface area (Å²) in [5.41, 5.74) is 13.6. The van der Waals surface area contributed by atoms with Gasteiger partial charge in [0.25, 0.3) is 0 Å². The molecule has 120 valence electrons. The number of hydrogen-bond donors (Lipinski definition) is 2. The Morgan fingerprint density at radius 1 is 1.09 bits per heavy atom.